The number of hydrogen-bond acceptors (Lipinski definition) is 2. The number of aryl methyl sites for hydroxylation is 1. The molecule has 0 unspecified atom stereocenters. The molecule has 0 spiro atoms. The Bertz CT molecular complexity index is 276. The Kier molecular flexibility index (Phi) is 2.58. The topological polar surface area (TPSA) is 22.1 Å². The summed E-state index contributed by atoms with van der Waals surface area (Å²) in [6, 6.07) is 1.49. The molecule has 0 bridgehead atoms. The molecule has 1 aromatic heterocycles. The first-order valence-electron chi connectivity index (χ1n) is 3.44. The first-order chi connectivity index (χ1) is 5.65. The van der Waals surface area contributed by atoms with E-state index in [1.165, 1.54) is 13.2 Å². The highest BCUT2D eigenvalue weighted by Gasteiger charge is 2.11. The van der Waals surface area contributed by atoms with Crippen molar-refractivity contribution in [1.82, 2.24) is 4.98 Å². The highest BCUT2D eigenvalue weighted by molar-refractivity contribution is 5.28. The van der Waals surface area contributed by atoms with E-state index in [-0.39, 0.29) is 5.56 Å². The van der Waals surface area contributed by atoms with Crippen LogP contribution >= 0.6 is 0 Å². The van der Waals surface area contributed by atoms with E-state index in [2.05, 4.69) is 4.98 Å². The fourth-order valence-corrected chi connectivity index (χ4v) is 0.881. The standard InChI is InChI=1S/C8H9F2NO/c1-5-3-7(12-2)11-4-6(5)8(9)10/h3-4,8H,1-2H3. The molecule has 0 aromatic carbocycles. The van der Waals surface area contributed by atoms with Crippen LogP contribution in [0, 0.1) is 6.92 Å². The molecule has 1 aromatic rings. The molecule has 0 N–H and O–H groups in total. The van der Waals surface area contributed by atoms with Crippen molar-refractivity contribution in [2.75, 3.05) is 7.11 Å². The maximum atomic E-state index is 12.2. The molecule has 4 heteroatoms. The lowest BCUT2D eigenvalue weighted by Crippen LogP contribution is -1.94. The number of methoxy groups -OCH3 is 1. The molecule has 0 saturated heterocycles. The van der Waals surface area contributed by atoms with Crippen LogP contribution in [0.3, 0.4) is 0 Å². The van der Waals surface area contributed by atoms with Gasteiger partial charge < -0.3 is 4.74 Å². The maximum Gasteiger partial charge on any atom is 0.265 e. The third-order valence-electron chi connectivity index (χ3n) is 1.57. The molecule has 1 rings (SSSR count). The minimum absolute atomic E-state index is 0.0456. The fourth-order valence-electron chi connectivity index (χ4n) is 0.881. The molecule has 0 aliphatic rings. The average molecular weight is 173 g/mol. The van der Waals surface area contributed by atoms with Gasteiger partial charge in [-0.2, -0.15) is 0 Å². The molecule has 0 aliphatic heterocycles. The number of halogens is 2. The van der Waals surface area contributed by atoms with Crippen LogP contribution in [0.15, 0.2) is 12.3 Å². The van der Waals surface area contributed by atoms with Crippen molar-refractivity contribution >= 4 is 0 Å². The van der Waals surface area contributed by atoms with Crippen molar-refractivity contribution in [3.63, 3.8) is 0 Å². The highest BCUT2D eigenvalue weighted by atomic mass is 19.3. The average Bonchev–Trinajstić information content (AvgIpc) is 2.03. The third-order valence-corrected chi connectivity index (χ3v) is 1.57. The summed E-state index contributed by atoms with van der Waals surface area (Å²) in [5.41, 5.74) is 0.452. The zero-order chi connectivity index (χ0) is 9.14. The maximum absolute atomic E-state index is 12.2. The zero-order valence-electron chi connectivity index (χ0n) is 6.84. The molecule has 0 fully saturated rings. The predicted octanol–water partition coefficient (Wildman–Crippen LogP) is 2.34. The summed E-state index contributed by atoms with van der Waals surface area (Å²) in [5.74, 6) is 0.358. The summed E-state index contributed by atoms with van der Waals surface area (Å²) in [7, 11) is 1.45. The van der Waals surface area contributed by atoms with E-state index in [0.29, 0.717) is 11.4 Å². The molecule has 0 saturated carbocycles. The van der Waals surface area contributed by atoms with Gasteiger partial charge in [-0.05, 0) is 12.5 Å². The van der Waals surface area contributed by atoms with Crippen LogP contribution in [0.1, 0.15) is 17.6 Å². The van der Waals surface area contributed by atoms with E-state index in [1.54, 1.807) is 6.92 Å². The van der Waals surface area contributed by atoms with Gasteiger partial charge in [0.25, 0.3) is 6.43 Å². The summed E-state index contributed by atoms with van der Waals surface area (Å²) < 4.78 is 29.1. The van der Waals surface area contributed by atoms with E-state index in [4.69, 9.17) is 4.74 Å². The number of hydrogen-bond donors (Lipinski definition) is 0. The van der Waals surface area contributed by atoms with E-state index in [9.17, 15) is 8.78 Å². The Balaban J connectivity index is 3.03. The number of pyridine rings is 1. The van der Waals surface area contributed by atoms with Gasteiger partial charge >= 0.3 is 0 Å². The van der Waals surface area contributed by atoms with Gasteiger partial charge in [0.15, 0.2) is 0 Å². The fraction of sp³-hybridized carbons (Fsp3) is 0.375. The summed E-state index contributed by atoms with van der Waals surface area (Å²) >= 11 is 0. The van der Waals surface area contributed by atoms with Gasteiger partial charge in [-0.15, -0.1) is 0 Å². The lowest BCUT2D eigenvalue weighted by molar-refractivity contribution is 0.150. The quantitative estimate of drug-likeness (QED) is 0.684. The number of ether oxygens (including phenoxy) is 1. The van der Waals surface area contributed by atoms with E-state index in [1.807, 2.05) is 0 Å². The second-order valence-electron chi connectivity index (χ2n) is 2.38. The Hall–Kier alpha value is -1.19. The van der Waals surface area contributed by atoms with Crippen LogP contribution in [0.25, 0.3) is 0 Å². The van der Waals surface area contributed by atoms with Gasteiger partial charge in [-0.3, -0.25) is 0 Å². The summed E-state index contributed by atoms with van der Waals surface area (Å²) in [4.78, 5) is 3.68. The number of nitrogens with zero attached hydrogens (tertiary/aromatic N) is 1. The second-order valence-corrected chi connectivity index (χ2v) is 2.38. The predicted molar refractivity (Wildman–Crippen MR) is 40.5 cm³/mol. The van der Waals surface area contributed by atoms with Crippen LogP contribution in [0.2, 0.25) is 0 Å². The largest absolute Gasteiger partial charge is 0.481 e. The van der Waals surface area contributed by atoms with Gasteiger partial charge in [0.1, 0.15) is 0 Å². The van der Waals surface area contributed by atoms with Crippen molar-refractivity contribution in [3.8, 4) is 5.88 Å². The number of rotatable bonds is 2. The van der Waals surface area contributed by atoms with Crippen LogP contribution < -0.4 is 4.74 Å². The van der Waals surface area contributed by atoms with Crippen LogP contribution in [-0.4, -0.2) is 12.1 Å². The molecule has 0 aliphatic carbocycles. The molecular formula is C8H9F2NO. The van der Waals surface area contributed by atoms with Crippen LogP contribution in [0.5, 0.6) is 5.88 Å². The minimum Gasteiger partial charge on any atom is -0.481 e. The molecule has 0 radical (unpaired) electrons. The lowest BCUT2D eigenvalue weighted by atomic mass is 10.2. The summed E-state index contributed by atoms with van der Waals surface area (Å²) in [5, 5.41) is 0. The SMILES string of the molecule is COc1cc(C)c(C(F)F)cn1. The minimum atomic E-state index is -2.47. The highest BCUT2D eigenvalue weighted by Crippen LogP contribution is 2.23. The van der Waals surface area contributed by atoms with E-state index >= 15 is 0 Å². The van der Waals surface area contributed by atoms with Crippen molar-refractivity contribution in [1.29, 1.82) is 0 Å². The first kappa shape index (κ1) is 8.90. The van der Waals surface area contributed by atoms with E-state index < -0.39 is 6.43 Å². The van der Waals surface area contributed by atoms with Crippen molar-refractivity contribution in [2.45, 2.75) is 13.3 Å². The molecular weight excluding hydrogens is 164 g/mol. The summed E-state index contributed by atoms with van der Waals surface area (Å²) in [6.07, 6.45) is -1.33. The molecule has 0 atom stereocenters. The molecule has 66 valence electrons. The Labute approximate surface area is 69.2 Å². The lowest BCUT2D eigenvalue weighted by Gasteiger charge is -2.05. The normalized spacial score (nSPS) is 10.4. The van der Waals surface area contributed by atoms with Gasteiger partial charge in [-0.25, -0.2) is 13.8 Å². The van der Waals surface area contributed by atoms with Crippen molar-refractivity contribution < 1.29 is 13.5 Å². The monoisotopic (exact) mass is 173 g/mol. The van der Waals surface area contributed by atoms with Crippen LogP contribution in [-0.2, 0) is 0 Å². The zero-order valence-corrected chi connectivity index (χ0v) is 6.84. The van der Waals surface area contributed by atoms with Crippen molar-refractivity contribution in [2.24, 2.45) is 0 Å². The van der Waals surface area contributed by atoms with Crippen molar-refractivity contribution in [3.05, 3.63) is 23.4 Å². The summed E-state index contributed by atoms with van der Waals surface area (Å²) in [6.45, 7) is 1.60. The van der Waals surface area contributed by atoms with Gasteiger partial charge in [0.05, 0.1) is 7.11 Å². The Morgan fingerprint density at radius 3 is 2.58 bits per heavy atom. The molecule has 2 nitrogen and oxygen atoms in total. The first-order valence-corrected chi connectivity index (χ1v) is 3.44. The third kappa shape index (κ3) is 1.69. The Morgan fingerprint density at radius 2 is 2.17 bits per heavy atom. The smallest absolute Gasteiger partial charge is 0.265 e. The number of alkyl halides is 2. The number of aromatic nitrogens is 1. The van der Waals surface area contributed by atoms with Gasteiger partial charge in [0.2, 0.25) is 5.88 Å². The van der Waals surface area contributed by atoms with Gasteiger partial charge in [-0.1, -0.05) is 0 Å². The van der Waals surface area contributed by atoms with Gasteiger partial charge in [0, 0.05) is 17.8 Å². The second kappa shape index (κ2) is 3.47. The Morgan fingerprint density at radius 1 is 1.50 bits per heavy atom. The van der Waals surface area contributed by atoms with Crippen LogP contribution in [0.4, 0.5) is 8.78 Å². The molecule has 1 heterocycles. The molecule has 0 amide bonds. The van der Waals surface area contributed by atoms with E-state index in [0.717, 1.165) is 6.20 Å². The molecule has 12 heavy (non-hydrogen) atoms.